The van der Waals surface area contributed by atoms with Crippen LogP contribution in [0, 0.1) is 5.92 Å². The second kappa shape index (κ2) is 9.77. The smallest absolute Gasteiger partial charge is 0.268 e. The van der Waals surface area contributed by atoms with Crippen molar-refractivity contribution in [3.05, 3.63) is 47.5 Å². The quantitative estimate of drug-likeness (QED) is 0.543. The van der Waals surface area contributed by atoms with Crippen LogP contribution in [0.1, 0.15) is 50.0 Å². The highest BCUT2D eigenvalue weighted by molar-refractivity contribution is 7.17. The molecule has 0 radical (unpaired) electrons. The van der Waals surface area contributed by atoms with Crippen molar-refractivity contribution in [1.29, 1.82) is 0 Å². The van der Waals surface area contributed by atoms with E-state index in [0.717, 1.165) is 47.5 Å². The fourth-order valence-electron chi connectivity index (χ4n) is 4.50. The summed E-state index contributed by atoms with van der Waals surface area (Å²) in [5, 5.41) is 5.21. The zero-order valence-corrected chi connectivity index (χ0v) is 19.8. The van der Waals surface area contributed by atoms with E-state index in [-0.39, 0.29) is 24.4 Å². The predicted molar refractivity (Wildman–Crippen MR) is 130 cm³/mol. The fraction of sp³-hybridized carbons (Fsp3) is 0.440. The maximum absolute atomic E-state index is 13.3. The lowest BCUT2D eigenvalue weighted by Gasteiger charge is -2.27. The van der Waals surface area contributed by atoms with Gasteiger partial charge in [0.25, 0.3) is 5.91 Å². The molecule has 0 saturated heterocycles. The van der Waals surface area contributed by atoms with Crippen LogP contribution in [0.15, 0.2) is 41.8 Å². The van der Waals surface area contributed by atoms with Crippen LogP contribution < -0.4 is 15.0 Å². The number of carbonyl (C=O) groups excluding carboxylic acids is 2. The molecule has 6 nitrogen and oxygen atoms in total. The third-order valence-corrected chi connectivity index (χ3v) is 7.24. The fourth-order valence-corrected chi connectivity index (χ4v) is 5.32. The van der Waals surface area contributed by atoms with E-state index in [0.29, 0.717) is 18.0 Å². The average Bonchev–Trinajstić information content (AvgIpc) is 3.39. The number of nitrogens with zero attached hydrogens (tertiary/aromatic N) is 2. The highest BCUT2D eigenvalue weighted by atomic mass is 32.1. The summed E-state index contributed by atoms with van der Waals surface area (Å²) in [6.07, 6.45) is 4.32. The number of nitrogens with one attached hydrogen (secondary N) is 1. The largest absolute Gasteiger partial charge is 0.497 e. The monoisotopic (exact) mass is 453 g/mol. The van der Waals surface area contributed by atoms with E-state index in [2.05, 4.69) is 12.2 Å². The molecule has 1 aromatic carbocycles. The molecule has 0 spiro atoms. The number of amides is 2. The standard InChI is InChI=1S/C25H31N3O3S/c1-4-27(19-6-5-7-20(14-19)31-3)24(29)16-28-21-12-13-32-23(21)15-22(28)25(30)26-18-10-8-17(2)9-11-18/h5-7,12-15,17-18H,4,8-11,16H2,1-3H3,(H,26,30). The van der Waals surface area contributed by atoms with E-state index in [1.54, 1.807) is 23.3 Å². The zero-order chi connectivity index (χ0) is 22.7. The minimum Gasteiger partial charge on any atom is -0.497 e. The van der Waals surface area contributed by atoms with Crippen LogP contribution in [0.5, 0.6) is 5.75 Å². The van der Waals surface area contributed by atoms with Crippen molar-refractivity contribution in [2.45, 2.75) is 52.1 Å². The summed E-state index contributed by atoms with van der Waals surface area (Å²) in [6, 6.07) is 11.6. The highest BCUT2D eigenvalue weighted by Gasteiger charge is 2.25. The lowest BCUT2D eigenvalue weighted by Crippen LogP contribution is -2.39. The van der Waals surface area contributed by atoms with E-state index in [4.69, 9.17) is 4.74 Å². The molecule has 1 aliphatic carbocycles. The number of fused-ring (bicyclic) bond motifs is 1. The van der Waals surface area contributed by atoms with Crippen LogP contribution in [-0.4, -0.2) is 36.1 Å². The summed E-state index contributed by atoms with van der Waals surface area (Å²) < 4.78 is 8.19. The molecule has 0 unspecified atom stereocenters. The maximum atomic E-state index is 13.3. The minimum absolute atomic E-state index is 0.0648. The average molecular weight is 454 g/mol. The van der Waals surface area contributed by atoms with Crippen LogP contribution in [0.4, 0.5) is 5.69 Å². The Bertz CT molecular complexity index is 1090. The molecule has 170 valence electrons. The molecule has 1 aliphatic rings. The Labute approximate surface area is 193 Å². The number of carbonyl (C=O) groups is 2. The van der Waals surface area contributed by atoms with Gasteiger partial charge in [0, 0.05) is 24.3 Å². The van der Waals surface area contributed by atoms with Crippen molar-refractivity contribution in [1.82, 2.24) is 9.88 Å². The van der Waals surface area contributed by atoms with Crippen LogP contribution in [0.3, 0.4) is 0 Å². The molecule has 1 saturated carbocycles. The molecule has 2 heterocycles. The van der Waals surface area contributed by atoms with Gasteiger partial charge < -0.3 is 19.5 Å². The van der Waals surface area contributed by atoms with Crippen LogP contribution in [0.2, 0.25) is 0 Å². The Morgan fingerprint density at radius 1 is 1.19 bits per heavy atom. The number of methoxy groups -OCH3 is 1. The van der Waals surface area contributed by atoms with E-state index in [9.17, 15) is 9.59 Å². The molecule has 4 rings (SSSR count). The summed E-state index contributed by atoms with van der Waals surface area (Å²) in [5.41, 5.74) is 2.26. The van der Waals surface area contributed by atoms with Crippen molar-refractivity contribution in [3.8, 4) is 5.75 Å². The Hall–Kier alpha value is -2.80. The van der Waals surface area contributed by atoms with Crippen molar-refractivity contribution in [2.75, 3.05) is 18.6 Å². The lowest BCUT2D eigenvalue weighted by molar-refractivity contribution is -0.119. The SMILES string of the molecule is CCN(C(=O)Cn1c(C(=O)NC2CCC(C)CC2)cc2sccc21)c1cccc(OC)c1. The Kier molecular flexibility index (Phi) is 6.84. The highest BCUT2D eigenvalue weighted by Crippen LogP contribution is 2.28. The van der Waals surface area contributed by atoms with Gasteiger partial charge >= 0.3 is 0 Å². The molecule has 2 aromatic heterocycles. The second-order valence-electron chi connectivity index (χ2n) is 8.56. The predicted octanol–water partition coefficient (Wildman–Crippen LogP) is 5.07. The summed E-state index contributed by atoms with van der Waals surface area (Å²) in [6.45, 7) is 4.85. The first-order valence-corrected chi connectivity index (χ1v) is 12.2. The molecule has 2 amide bonds. The van der Waals surface area contributed by atoms with Crippen molar-refractivity contribution in [3.63, 3.8) is 0 Å². The number of anilines is 1. The molecule has 0 aliphatic heterocycles. The summed E-state index contributed by atoms with van der Waals surface area (Å²) in [5.74, 6) is 1.28. The number of benzene rings is 1. The number of rotatable bonds is 7. The Morgan fingerprint density at radius 3 is 2.69 bits per heavy atom. The third kappa shape index (κ3) is 4.67. The molecule has 0 bridgehead atoms. The van der Waals surface area contributed by atoms with Gasteiger partial charge in [-0.1, -0.05) is 13.0 Å². The van der Waals surface area contributed by atoms with Gasteiger partial charge in [-0.25, -0.2) is 0 Å². The summed E-state index contributed by atoms with van der Waals surface area (Å²) >= 11 is 1.59. The molecular formula is C25H31N3O3S. The van der Waals surface area contributed by atoms with E-state index in [1.165, 1.54) is 0 Å². The summed E-state index contributed by atoms with van der Waals surface area (Å²) in [4.78, 5) is 28.3. The number of thiophene rings is 1. The normalized spacial score (nSPS) is 18.5. The van der Waals surface area contributed by atoms with E-state index >= 15 is 0 Å². The van der Waals surface area contributed by atoms with Crippen molar-refractivity contribution < 1.29 is 14.3 Å². The van der Waals surface area contributed by atoms with E-state index < -0.39 is 0 Å². The molecule has 1 N–H and O–H groups in total. The summed E-state index contributed by atoms with van der Waals surface area (Å²) in [7, 11) is 1.61. The van der Waals surface area contributed by atoms with E-state index in [1.807, 2.05) is 53.3 Å². The topological polar surface area (TPSA) is 63.6 Å². The molecule has 32 heavy (non-hydrogen) atoms. The first-order valence-electron chi connectivity index (χ1n) is 11.3. The second-order valence-corrected chi connectivity index (χ2v) is 9.50. The first kappa shape index (κ1) is 22.4. The number of hydrogen-bond donors (Lipinski definition) is 1. The number of likely N-dealkylation sites (N-methyl/N-ethyl adjacent to an activating group) is 1. The first-order chi connectivity index (χ1) is 15.5. The van der Waals surface area contributed by atoms with Gasteiger partial charge in [-0.3, -0.25) is 9.59 Å². The molecule has 1 fully saturated rings. The number of ether oxygens (including phenoxy) is 1. The van der Waals surface area contributed by atoms with Crippen molar-refractivity contribution in [2.24, 2.45) is 5.92 Å². The van der Waals surface area contributed by atoms with Crippen LogP contribution in [0.25, 0.3) is 10.2 Å². The minimum atomic E-state index is -0.0924. The third-order valence-electron chi connectivity index (χ3n) is 6.38. The van der Waals surface area contributed by atoms with Gasteiger partial charge in [-0.2, -0.15) is 0 Å². The van der Waals surface area contributed by atoms with Gasteiger partial charge in [0.1, 0.15) is 18.0 Å². The lowest BCUT2D eigenvalue weighted by atomic mass is 9.87. The molecule has 0 atom stereocenters. The number of hydrogen-bond acceptors (Lipinski definition) is 4. The Morgan fingerprint density at radius 2 is 1.97 bits per heavy atom. The molecular weight excluding hydrogens is 422 g/mol. The maximum Gasteiger partial charge on any atom is 0.268 e. The van der Waals surface area contributed by atoms with Gasteiger partial charge in [-0.05, 0) is 68.2 Å². The zero-order valence-electron chi connectivity index (χ0n) is 19.0. The van der Waals surface area contributed by atoms with Gasteiger partial charge in [0.2, 0.25) is 5.91 Å². The van der Waals surface area contributed by atoms with Gasteiger partial charge in [0.05, 0.1) is 17.3 Å². The van der Waals surface area contributed by atoms with Crippen molar-refractivity contribution >= 4 is 39.1 Å². The Balaban J connectivity index is 1.57. The van der Waals surface area contributed by atoms with Gasteiger partial charge in [0.15, 0.2) is 0 Å². The van der Waals surface area contributed by atoms with Crippen LogP contribution >= 0.6 is 11.3 Å². The van der Waals surface area contributed by atoms with Gasteiger partial charge in [-0.15, -0.1) is 11.3 Å². The number of aromatic nitrogens is 1. The van der Waals surface area contributed by atoms with Crippen LogP contribution in [-0.2, 0) is 11.3 Å². The molecule has 7 heteroatoms. The molecule has 3 aromatic rings.